The highest BCUT2D eigenvalue weighted by molar-refractivity contribution is 8.02. The van der Waals surface area contributed by atoms with Crippen LogP contribution in [0.4, 0.5) is 0 Å². The third-order valence-electron chi connectivity index (χ3n) is 0.986. The van der Waals surface area contributed by atoms with Crippen LogP contribution in [0.15, 0.2) is 23.1 Å². The Bertz CT molecular complexity index is 181. The van der Waals surface area contributed by atoms with Crippen molar-refractivity contribution in [3.8, 4) is 0 Å². The van der Waals surface area contributed by atoms with Gasteiger partial charge >= 0.3 is 5.97 Å². The highest BCUT2D eigenvalue weighted by Crippen LogP contribution is 2.14. The molecule has 1 rings (SSSR count). The summed E-state index contributed by atoms with van der Waals surface area (Å²) in [5, 5.41) is 10.3. The van der Waals surface area contributed by atoms with Gasteiger partial charge in [-0.15, -0.1) is 11.8 Å². The highest BCUT2D eigenvalue weighted by atomic mass is 32.2. The van der Waals surface area contributed by atoms with Crippen molar-refractivity contribution in [3.05, 3.63) is 23.1 Å². The first-order valence-corrected chi connectivity index (χ1v) is 3.56. The zero-order chi connectivity index (χ0) is 6.69. The fourth-order valence-corrected chi connectivity index (χ4v) is 1.22. The molecule has 1 aliphatic heterocycles. The number of carboxylic acids is 1. The van der Waals surface area contributed by atoms with Crippen molar-refractivity contribution in [3.63, 3.8) is 0 Å². The summed E-state index contributed by atoms with van der Waals surface area (Å²) in [5.74, 6) is -0.224. The predicted octanol–water partition coefficient (Wildman–Crippen LogP) is 1.26. The number of allylic oxidation sites excluding steroid dienone is 2. The molecule has 0 spiro atoms. The zero-order valence-electron chi connectivity index (χ0n) is 4.70. The molecule has 48 valence electrons. The normalized spacial score (nSPS) is 17.1. The van der Waals surface area contributed by atoms with E-state index in [0.717, 1.165) is 0 Å². The van der Waals surface area contributed by atoms with Crippen LogP contribution in [-0.4, -0.2) is 16.8 Å². The second-order valence-corrected chi connectivity index (χ2v) is 2.53. The van der Waals surface area contributed by atoms with E-state index in [2.05, 4.69) is 0 Å². The molecule has 1 N–H and O–H groups in total. The molecular weight excluding hydrogens is 136 g/mol. The Balaban J connectivity index is 2.68. The van der Waals surface area contributed by atoms with E-state index in [0.29, 0.717) is 11.3 Å². The molecule has 3 heteroatoms. The molecule has 0 aliphatic carbocycles. The van der Waals surface area contributed by atoms with Crippen LogP contribution >= 0.6 is 11.8 Å². The Morgan fingerprint density at radius 1 is 1.78 bits per heavy atom. The number of carboxylic acid groups (broad SMARTS) is 1. The first kappa shape index (κ1) is 6.42. The van der Waals surface area contributed by atoms with Crippen molar-refractivity contribution in [2.24, 2.45) is 0 Å². The van der Waals surface area contributed by atoms with Crippen molar-refractivity contribution in [1.29, 1.82) is 0 Å². The third-order valence-corrected chi connectivity index (χ3v) is 1.81. The molecule has 0 bridgehead atoms. The molecule has 0 saturated heterocycles. The molecule has 9 heavy (non-hydrogen) atoms. The van der Waals surface area contributed by atoms with E-state index in [1.54, 1.807) is 12.2 Å². The van der Waals surface area contributed by atoms with Crippen molar-refractivity contribution in [2.45, 2.75) is 0 Å². The van der Waals surface area contributed by atoms with Gasteiger partial charge in [-0.2, -0.15) is 0 Å². The molecule has 0 aromatic rings. The van der Waals surface area contributed by atoms with Crippen LogP contribution < -0.4 is 0 Å². The Kier molecular flexibility index (Phi) is 1.95. The summed E-state index contributed by atoms with van der Waals surface area (Å²) >= 11 is 1.50. The van der Waals surface area contributed by atoms with Gasteiger partial charge in [0.15, 0.2) is 0 Å². The van der Waals surface area contributed by atoms with Gasteiger partial charge in [0.25, 0.3) is 0 Å². The molecule has 0 amide bonds. The Labute approximate surface area is 57.3 Å². The Morgan fingerprint density at radius 2 is 2.56 bits per heavy atom. The lowest BCUT2D eigenvalue weighted by Gasteiger charge is -2.00. The standard InChI is InChI=1S/C6H6O2S/c7-6(8)5-2-1-3-9-4-5/h1-3H,4H2,(H,7,8). The van der Waals surface area contributed by atoms with Crippen LogP contribution in [0.3, 0.4) is 0 Å². The molecule has 0 atom stereocenters. The summed E-state index contributed by atoms with van der Waals surface area (Å²) in [6.07, 6.45) is 3.37. The van der Waals surface area contributed by atoms with Gasteiger partial charge in [0.05, 0.1) is 0 Å². The van der Waals surface area contributed by atoms with Crippen LogP contribution in [0, 0.1) is 0 Å². The first-order chi connectivity index (χ1) is 4.30. The average molecular weight is 142 g/mol. The highest BCUT2D eigenvalue weighted by Gasteiger charge is 2.06. The van der Waals surface area contributed by atoms with E-state index in [1.807, 2.05) is 5.41 Å². The fourth-order valence-electron chi connectivity index (χ4n) is 0.530. The summed E-state index contributed by atoms with van der Waals surface area (Å²) in [5.41, 5.74) is 0.475. The van der Waals surface area contributed by atoms with Crippen molar-refractivity contribution in [2.75, 3.05) is 5.75 Å². The van der Waals surface area contributed by atoms with E-state index >= 15 is 0 Å². The molecule has 0 fully saturated rings. The number of hydrogen-bond acceptors (Lipinski definition) is 2. The van der Waals surface area contributed by atoms with Crippen LogP contribution in [0.25, 0.3) is 0 Å². The maximum atomic E-state index is 10.2. The molecule has 2 nitrogen and oxygen atoms in total. The van der Waals surface area contributed by atoms with Crippen molar-refractivity contribution in [1.82, 2.24) is 0 Å². The van der Waals surface area contributed by atoms with E-state index in [9.17, 15) is 4.79 Å². The topological polar surface area (TPSA) is 37.3 Å². The van der Waals surface area contributed by atoms with Gasteiger partial charge in [0.2, 0.25) is 0 Å². The Morgan fingerprint density at radius 3 is 2.89 bits per heavy atom. The SMILES string of the molecule is O=C(O)C1=CC=CSC1. The van der Waals surface area contributed by atoms with Crippen LogP contribution in [0.2, 0.25) is 0 Å². The van der Waals surface area contributed by atoms with Crippen molar-refractivity contribution < 1.29 is 9.90 Å². The summed E-state index contributed by atoms with van der Waals surface area (Å²) in [6.45, 7) is 0. The second-order valence-electron chi connectivity index (χ2n) is 1.64. The maximum Gasteiger partial charge on any atom is 0.332 e. The lowest BCUT2D eigenvalue weighted by Crippen LogP contribution is -2.03. The molecule has 1 aliphatic rings. The number of aliphatic carboxylic acids is 1. The number of hydrogen-bond donors (Lipinski definition) is 1. The van der Waals surface area contributed by atoms with E-state index in [1.165, 1.54) is 11.8 Å². The quantitative estimate of drug-likeness (QED) is 0.598. The van der Waals surface area contributed by atoms with Gasteiger partial charge in [-0.05, 0) is 5.41 Å². The first-order valence-electron chi connectivity index (χ1n) is 2.51. The monoisotopic (exact) mass is 142 g/mol. The minimum Gasteiger partial charge on any atom is -0.478 e. The van der Waals surface area contributed by atoms with E-state index in [4.69, 9.17) is 5.11 Å². The fraction of sp³-hybridized carbons (Fsp3) is 0.167. The largest absolute Gasteiger partial charge is 0.478 e. The molecule has 0 aromatic carbocycles. The van der Waals surface area contributed by atoms with Crippen LogP contribution in [0.1, 0.15) is 0 Å². The smallest absolute Gasteiger partial charge is 0.332 e. The third kappa shape index (κ3) is 1.61. The number of carbonyl (C=O) groups is 1. The maximum absolute atomic E-state index is 10.2. The van der Waals surface area contributed by atoms with Gasteiger partial charge in [0.1, 0.15) is 0 Å². The van der Waals surface area contributed by atoms with E-state index < -0.39 is 5.97 Å². The minimum absolute atomic E-state index is 0.475. The Hall–Kier alpha value is -0.700. The number of thioether (sulfide) groups is 1. The minimum atomic E-state index is -0.813. The molecular formula is C6H6O2S. The molecule has 0 saturated carbocycles. The average Bonchev–Trinajstić information content (AvgIpc) is 1.90. The molecule has 0 aromatic heterocycles. The predicted molar refractivity (Wildman–Crippen MR) is 37.3 cm³/mol. The lowest BCUT2D eigenvalue weighted by atomic mass is 10.3. The summed E-state index contributed by atoms with van der Waals surface area (Å²) in [4.78, 5) is 10.2. The van der Waals surface area contributed by atoms with Crippen LogP contribution in [0.5, 0.6) is 0 Å². The molecule has 0 unspecified atom stereocenters. The van der Waals surface area contributed by atoms with Gasteiger partial charge in [-0.25, -0.2) is 4.79 Å². The van der Waals surface area contributed by atoms with Gasteiger partial charge < -0.3 is 5.11 Å². The summed E-state index contributed by atoms with van der Waals surface area (Å²) in [6, 6.07) is 0. The molecule has 1 heterocycles. The van der Waals surface area contributed by atoms with Gasteiger partial charge in [-0.3, -0.25) is 0 Å². The van der Waals surface area contributed by atoms with Gasteiger partial charge in [0, 0.05) is 11.3 Å². The van der Waals surface area contributed by atoms with E-state index in [-0.39, 0.29) is 0 Å². The van der Waals surface area contributed by atoms with Crippen molar-refractivity contribution >= 4 is 17.7 Å². The lowest BCUT2D eigenvalue weighted by molar-refractivity contribution is -0.132. The number of rotatable bonds is 1. The summed E-state index contributed by atoms with van der Waals surface area (Å²) in [7, 11) is 0. The van der Waals surface area contributed by atoms with Crippen LogP contribution in [-0.2, 0) is 4.79 Å². The molecule has 0 radical (unpaired) electrons. The zero-order valence-corrected chi connectivity index (χ0v) is 5.52. The second kappa shape index (κ2) is 2.73. The van der Waals surface area contributed by atoms with Gasteiger partial charge in [-0.1, -0.05) is 12.2 Å². The summed E-state index contributed by atoms with van der Waals surface area (Å²) < 4.78 is 0.